The van der Waals surface area contributed by atoms with Crippen molar-refractivity contribution in [3.63, 3.8) is 0 Å². The molecular formula is C10H16ClNS. The smallest absolute Gasteiger partial charge is 0.0942 e. The van der Waals surface area contributed by atoms with Crippen LogP contribution in [0.5, 0.6) is 0 Å². The maximum atomic E-state index is 6.13. The number of nitrogens with zero attached hydrogens (tertiary/aromatic N) is 1. The Labute approximate surface area is 89.1 Å². The molecule has 0 aromatic carbocycles. The average Bonchev–Trinajstić information content (AvgIpc) is 2.52. The van der Waals surface area contributed by atoms with Gasteiger partial charge in [0, 0.05) is 17.2 Å². The second-order valence-corrected chi connectivity index (χ2v) is 4.74. The van der Waals surface area contributed by atoms with Gasteiger partial charge in [-0.3, -0.25) is 0 Å². The Kier molecular flexibility index (Phi) is 4.74. The topological polar surface area (TPSA) is 12.9 Å². The van der Waals surface area contributed by atoms with E-state index in [1.807, 2.05) is 0 Å². The van der Waals surface area contributed by atoms with Crippen molar-refractivity contribution in [2.24, 2.45) is 0 Å². The molecule has 0 fully saturated rings. The predicted molar refractivity (Wildman–Crippen MR) is 59.7 cm³/mol. The van der Waals surface area contributed by atoms with Gasteiger partial charge in [-0.05, 0) is 12.8 Å². The summed E-state index contributed by atoms with van der Waals surface area (Å²) in [5.41, 5.74) is 1.19. The highest BCUT2D eigenvalue weighted by molar-refractivity contribution is 7.09. The molecule has 1 heterocycles. The summed E-state index contributed by atoms with van der Waals surface area (Å²) < 4.78 is 0. The number of hydrogen-bond donors (Lipinski definition) is 0. The van der Waals surface area contributed by atoms with Crippen LogP contribution in [-0.4, -0.2) is 10.4 Å². The fraction of sp³-hybridized carbons (Fsp3) is 0.700. The fourth-order valence-corrected chi connectivity index (χ4v) is 2.62. The van der Waals surface area contributed by atoms with Crippen LogP contribution in [0.4, 0.5) is 0 Å². The number of hydrogen-bond acceptors (Lipinski definition) is 2. The molecule has 1 aromatic rings. The van der Waals surface area contributed by atoms with Crippen LogP contribution in [0.2, 0.25) is 0 Å². The fourth-order valence-electron chi connectivity index (χ4n) is 1.21. The first kappa shape index (κ1) is 11.0. The lowest BCUT2D eigenvalue weighted by Crippen LogP contribution is -2.02. The number of halogens is 1. The van der Waals surface area contributed by atoms with E-state index in [-0.39, 0.29) is 5.38 Å². The molecule has 74 valence electrons. The highest BCUT2D eigenvalue weighted by Crippen LogP contribution is 2.17. The lowest BCUT2D eigenvalue weighted by atomic mass is 10.2. The van der Waals surface area contributed by atoms with Crippen LogP contribution >= 0.6 is 22.9 Å². The van der Waals surface area contributed by atoms with E-state index in [0.29, 0.717) is 0 Å². The Morgan fingerprint density at radius 3 is 2.85 bits per heavy atom. The van der Waals surface area contributed by atoms with Crippen molar-refractivity contribution in [2.75, 3.05) is 0 Å². The molecule has 0 aliphatic rings. The first-order valence-electron chi connectivity index (χ1n) is 4.83. The van der Waals surface area contributed by atoms with Crippen molar-refractivity contribution in [3.05, 3.63) is 16.1 Å². The molecule has 13 heavy (non-hydrogen) atoms. The van der Waals surface area contributed by atoms with E-state index in [1.54, 1.807) is 11.3 Å². The first-order valence-corrected chi connectivity index (χ1v) is 6.15. The SMILES string of the molecule is CCCC(Cl)Cc1nc(CC)cs1. The van der Waals surface area contributed by atoms with Gasteiger partial charge < -0.3 is 0 Å². The van der Waals surface area contributed by atoms with Crippen molar-refractivity contribution in [1.82, 2.24) is 4.98 Å². The standard InChI is InChI=1S/C10H16ClNS/c1-3-5-8(11)6-10-12-9(4-2)7-13-10/h7-8H,3-6H2,1-2H3. The highest BCUT2D eigenvalue weighted by Gasteiger charge is 2.07. The molecule has 0 saturated carbocycles. The van der Waals surface area contributed by atoms with Gasteiger partial charge in [0.2, 0.25) is 0 Å². The number of aromatic nitrogens is 1. The largest absolute Gasteiger partial charge is 0.246 e. The molecule has 0 aliphatic heterocycles. The van der Waals surface area contributed by atoms with Crippen LogP contribution in [0.1, 0.15) is 37.4 Å². The van der Waals surface area contributed by atoms with E-state index < -0.39 is 0 Å². The lowest BCUT2D eigenvalue weighted by Gasteiger charge is -2.03. The van der Waals surface area contributed by atoms with Crippen LogP contribution < -0.4 is 0 Å². The van der Waals surface area contributed by atoms with Crippen LogP contribution in [-0.2, 0) is 12.8 Å². The van der Waals surface area contributed by atoms with Crippen LogP contribution in [0.3, 0.4) is 0 Å². The maximum absolute atomic E-state index is 6.13. The molecule has 1 aromatic heterocycles. The summed E-state index contributed by atoms with van der Waals surface area (Å²) in [6.45, 7) is 4.29. The van der Waals surface area contributed by atoms with Crippen molar-refractivity contribution < 1.29 is 0 Å². The highest BCUT2D eigenvalue weighted by atomic mass is 35.5. The summed E-state index contributed by atoms with van der Waals surface area (Å²) in [5, 5.41) is 3.58. The third-order valence-electron chi connectivity index (χ3n) is 1.96. The predicted octanol–water partition coefficient (Wildman–Crippen LogP) is 3.66. The van der Waals surface area contributed by atoms with Crippen LogP contribution in [0.25, 0.3) is 0 Å². The molecule has 1 unspecified atom stereocenters. The minimum atomic E-state index is 0.265. The zero-order valence-corrected chi connectivity index (χ0v) is 9.79. The summed E-state index contributed by atoms with van der Waals surface area (Å²) >= 11 is 7.87. The van der Waals surface area contributed by atoms with Crippen molar-refractivity contribution in [1.29, 1.82) is 0 Å². The third kappa shape index (κ3) is 3.65. The number of thiazole rings is 1. The summed E-state index contributed by atoms with van der Waals surface area (Å²) in [4.78, 5) is 4.49. The van der Waals surface area contributed by atoms with Gasteiger partial charge in [0.1, 0.15) is 0 Å². The molecule has 0 saturated heterocycles. The van der Waals surface area contributed by atoms with Gasteiger partial charge in [-0.25, -0.2) is 4.98 Å². The molecule has 0 N–H and O–H groups in total. The minimum Gasteiger partial charge on any atom is -0.246 e. The minimum absolute atomic E-state index is 0.265. The summed E-state index contributed by atoms with van der Waals surface area (Å²) in [5.74, 6) is 0. The number of alkyl halides is 1. The molecule has 1 rings (SSSR count). The zero-order chi connectivity index (χ0) is 9.68. The van der Waals surface area contributed by atoms with E-state index >= 15 is 0 Å². The van der Waals surface area contributed by atoms with E-state index in [1.165, 1.54) is 10.7 Å². The third-order valence-corrected chi connectivity index (χ3v) is 3.25. The van der Waals surface area contributed by atoms with Gasteiger partial charge in [0.15, 0.2) is 0 Å². The van der Waals surface area contributed by atoms with Gasteiger partial charge >= 0.3 is 0 Å². The Hall–Kier alpha value is -0.0800. The second kappa shape index (κ2) is 5.61. The van der Waals surface area contributed by atoms with Gasteiger partial charge in [0.25, 0.3) is 0 Å². The summed E-state index contributed by atoms with van der Waals surface area (Å²) in [6, 6.07) is 0. The summed E-state index contributed by atoms with van der Waals surface area (Å²) in [6.07, 6.45) is 4.19. The van der Waals surface area contributed by atoms with E-state index in [4.69, 9.17) is 11.6 Å². The van der Waals surface area contributed by atoms with E-state index in [2.05, 4.69) is 24.2 Å². The monoisotopic (exact) mass is 217 g/mol. The van der Waals surface area contributed by atoms with Crippen molar-refractivity contribution >= 4 is 22.9 Å². The van der Waals surface area contributed by atoms with Gasteiger partial charge in [-0.1, -0.05) is 20.3 Å². The molecule has 0 amide bonds. The number of rotatable bonds is 5. The van der Waals surface area contributed by atoms with E-state index in [9.17, 15) is 0 Å². The Morgan fingerprint density at radius 2 is 2.31 bits per heavy atom. The van der Waals surface area contributed by atoms with E-state index in [0.717, 1.165) is 25.7 Å². The molecule has 0 spiro atoms. The van der Waals surface area contributed by atoms with Crippen molar-refractivity contribution in [3.8, 4) is 0 Å². The molecule has 1 nitrogen and oxygen atoms in total. The first-order chi connectivity index (χ1) is 6.26. The Balaban J connectivity index is 2.44. The lowest BCUT2D eigenvalue weighted by molar-refractivity contribution is 0.722. The molecule has 0 bridgehead atoms. The average molecular weight is 218 g/mol. The normalized spacial score (nSPS) is 13.2. The molecule has 0 aliphatic carbocycles. The van der Waals surface area contributed by atoms with Gasteiger partial charge in [-0.15, -0.1) is 22.9 Å². The summed E-state index contributed by atoms with van der Waals surface area (Å²) in [7, 11) is 0. The number of aryl methyl sites for hydroxylation is 1. The van der Waals surface area contributed by atoms with Gasteiger partial charge in [0.05, 0.1) is 10.7 Å². The second-order valence-electron chi connectivity index (χ2n) is 3.18. The van der Waals surface area contributed by atoms with Crippen LogP contribution in [0.15, 0.2) is 5.38 Å². The molecule has 3 heteroatoms. The zero-order valence-electron chi connectivity index (χ0n) is 8.22. The molecule has 0 radical (unpaired) electrons. The quantitative estimate of drug-likeness (QED) is 0.687. The Bertz CT molecular complexity index is 247. The maximum Gasteiger partial charge on any atom is 0.0942 e. The van der Waals surface area contributed by atoms with Crippen molar-refractivity contribution in [2.45, 2.75) is 44.9 Å². The Morgan fingerprint density at radius 1 is 1.54 bits per heavy atom. The molecule has 1 atom stereocenters. The van der Waals surface area contributed by atoms with Gasteiger partial charge in [-0.2, -0.15) is 0 Å². The molecular weight excluding hydrogens is 202 g/mol. The van der Waals surface area contributed by atoms with Crippen LogP contribution in [0, 0.1) is 0 Å².